The maximum absolute atomic E-state index is 2.39. The fourth-order valence-electron chi connectivity index (χ4n) is 2.27. The molecule has 0 fully saturated rings. The van der Waals surface area contributed by atoms with Gasteiger partial charge in [0.25, 0.3) is 0 Å². The molecule has 0 saturated carbocycles. The Morgan fingerprint density at radius 2 is 0.792 bits per heavy atom. The van der Waals surface area contributed by atoms with Gasteiger partial charge in [-0.1, -0.05) is 111 Å². The van der Waals surface area contributed by atoms with Crippen LogP contribution in [0.1, 0.15) is 11.1 Å². The molecule has 0 unspecified atom stereocenters. The molecule has 0 atom stereocenters. The van der Waals surface area contributed by atoms with E-state index in [2.05, 4.69) is 111 Å². The number of hydrogen-bond donors (Lipinski definition) is 0. The molecule has 0 N–H and O–H groups in total. The lowest BCUT2D eigenvalue weighted by Gasteiger charge is -2.09. The smallest absolute Gasteiger partial charge is 0.0687 e. The third-order valence-corrected chi connectivity index (χ3v) is 6.04. The fraction of sp³-hybridized carbons (Fsp3) is 0.273. The standard InChI is InChI=1S/C22H30Si2/c1-23(2,3)17-15-19-7-11-21(12-8-19)22-13-9-20(10-14-22)16-18-24(4,5)6/h7-18H,1-6H3/b17-15+,18-16+. The second-order valence-electron chi connectivity index (χ2n) is 8.64. The predicted octanol–water partition coefficient (Wildman–Crippen LogP) is 7.13. The molecule has 0 aliphatic rings. The summed E-state index contributed by atoms with van der Waals surface area (Å²) in [5.74, 6) is 0. The number of hydrogen-bond acceptors (Lipinski definition) is 0. The monoisotopic (exact) mass is 350 g/mol. The Kier molecular flexibility index (Phi) is 5.84. The summed E-state index contributed by atoms with van der Waals surface area (Å²) in [5.41, 5.74) is 9.91. The Labute approximate surface area is 150 Å². The van der Waals surface area contributed by atoms with E-state index < -0.39 is 16.1 Å². The Bertz CT molecular complexity index is 641. The third-order valence-electron chi connectivity index (χ3n) is 3.71. The fourth-order valence-corrected chi connectivity index (χ4v) is 3.65. The SMILES string of the molecule is C[Si](C)(C)/C=C/c1ccc(-c2ccc(/C=C/[Si](C)(C)C)cc2)cc1. The minimum Gasteiger partial charge on any atom is -0.0944 e. The largest absolute Gasteiger partial charge is 0.0944 e. The molecule has 2 aromatic rings. The van der Waals surface area contributed by atoms with Gasteiger partial charge >= 0.3 is 0 Å². The van der Waals surface area contributed by atoms with Crippen molar-refractivity contribution in [2.45, 2.75) is 39.3 Å². The van der Waals surface area contributed by atoms with Gasteiger partial charge in [-0.25, -0.2) is 0 Å². The predicted molar refractivity (Wildman–Crippen MR) is 117 cm³/mol. The van der Waals surface area contributed by atoms with Gasteiger partial charge < -0.3 is 0 Å². The van der Waals surface area contributed by atoms with E-state index in [1.807, 2.05) is 0 Å². The van der Waals surface area contributed by atoms with Crippen LogP contribution in [0.15, 0.2) is 59.9 Å². The van der Waals surface area contributed by atoms with Gasteiger partial charge in [-0.15, -0.1) is 0 Å². The molecule has 0 aliphatic heterocycles. The van der Waals surface area contributed by atoms with E-state index in [1.165, 1.54) is 22.3 Å². The summed E-state index contributed by atoms with van der Waals surface area (Å²) in [5, 5.41) is 0. The molecule has 0 radical (unpaired) electrons. The number of benzene rings is 2. The zero-order chi connectivity index (χ0) is 17.8. The summed E-state index contributed by atoms with van der Waals surface area (Å²) in [6.07, 6.45) is 4.53. The van der Waals surface area contributed by atoms with Crippen LogP contribution in [0.5, 0.6) is 0 Å². The van der Waals surface area contributed by atoms with Crippen LogP contribution in [0, 0.1) is 0 Å². The van der Waals surface area contributed by atoms with Crippen molar-refractivity contribution in [3.63, 3.8) is 0 Å². The Balaban J connectivity index is 2.12. The molecule has 126 valence electrons. The van der Waals surface area contributed by atoms with Gasteiger partial charge in [0.15, 0.2) is 0 Å². The van der Waals surface area contributed by atoms with Crippen LogP contribution in [0.2, 0.25) is 39.3 Å². The molecule has 2 aromatic carbocycles. The van der Waals surface area contributed by atoms with Gasteiger partial charge in [-0.05, 0) is 22.3 Å². The highest BCUT2D eigenvalue weighted by atomic mass is 28.3. The van der Waals surface area contributed by atoms with E-state index in [-0.39, 0.29) is 0 Å². The summed E-state index contributed by atoms with van der Waals surface area (Å²) in [6, 6.07) is 17.7. The van der Waals surface area contributed by atoms with Gasteiger partial charge in [0, 0.05) is 0 Å². The maximum Gasteiger partial charge on any atom is 0.0687 e. The Morgan fingerprint density at radius 3 is 1.04 bits per heavy atom. The minimum atomic E-state index is -1.13. The van der Waals surface area contributed by atoms with E-state index >= 15 is 0 Å². The topological polar surface area (TPSA) is 0 Å². The van der Waals surface area contributed by atoms with Gasteiger partial charge in [0.05, 0.1) is 16.1 Å². The zero-order valence-corrected chi connectivity index (χ0v) is 17.9. The summed E-state index contributed by atoms with van der Waals surface area (Å²) >= 11 is 0. The summed E-state index contributed by atoms with van der Waals surface area (Å²) < 4.78 is 0. The molecular weight excluding hydrogens is 320 g/mol. The Hall–Kier alpha value is -1.65. The van der Waals surface area contributed by atoms with E-state index in [9.17, 15) is 0 Å². The van der Waals surface area contributed by atoms with Crippen LogP contribution in [0.25, 0.3) is 23.3 Å². The number of rotatable bonds is 5. The first-order chi connectivity index (χ1) is 11.1. The molecule has 24 heavy (non-hydrogen) atoms. The van der Waals surface area contributed by atoms with Gasteiger partial charge in [0.1, 0.15) is 0 Å². The van der Waals surface area contributed by atoms with Crippen molar-refractivity contribution in [2.75, 3.05) is 0 Å². The molecule has 0 bridgehead atoms. The van der Waals surface area contributed by atoms with Gasteiger partial charge in [-0.3, -0.25) is 0 Å². The normalized spacial score (nSPS) is 13.1. The van der Waals surface area contributed by atoms with Gasteiger partial charge in [-0.2, -0.15) is 0 Å². The minimum absolute atomic E-state index is 1.13. The molecule has 0 aromatic heterocycles. The maximum atomic E-state index is 2.39. The first-order valence-corrected chi connectivity index (χ1v) is 15.9. The molecule has 0 amide bonds. The average Bonchev–Trinajstić information content (AvgIpc) is 2.51. The lowest BCUT2D eigenvalue weighted by molar-refractivity contribution is 1.58. The molecule has 0 spiro atoms. The lowest BCUT2D eigenvalue weighted by atomic mass is 10.0. The first kappa shape index (κ1) is 18.7. The molecule has 0 heterocycles. The van der Waals surface area contributed by atoms with E-state index in [0.29, 0.717) is 0 Å². The molecule has 0 aliphatic carbocycles. The zero-order valence-electron chi connectivity index (χ0n) is 15.9. The lowest BCUT2D eigenvalue weighted by Crippen LogP contribution is -2.15. The third kappa shape index (κ3) is 6.46. The Morgan fingerprint density at radius 1 is 0.500 bits per heavy atom. The first-order valence-electron chi connectivity index (χ1n) is 8.71. The van der Waals surface area contributed by atoms with Crippen molar-refractivity contribution in [1.29, 1.82) is 0 Å². The molecular formula is C22H30Si2. The van der Waals surface area contributed by atoms with Crippen LogP contribution < -0.4 is 0 Å². The van der Waals surface area contributed by atoms with Crippen LogP contribution in [-0.2, 0) is 0 Å². The quantitative estimate of drug-likeness (QED) is 0.503. The van der Waals surface area contributed by atoms with Crippen LogP contribution >= 0.6 is 0 Å². The van der Waals surface area contributed by atoms with E-state index in [0.717, 1.165) is 0 Å². The summed E-state index contributed by atoms with van der Waals surface area (Å²) in [4.78, 5) is 0. The van der Waals surface area contributed by atoms with Crippen molar-refractivity contribution in [3.8, 4) is 11.1 Å². The highest BCUT2D eigenvalue weighted by Crippen LogP contribution is 2.22. The second-order valence-corrected chi connectivity index (χ2v) is 18.8. The molecule has 0 nitrogen and oxygen atoms in total. The van der Waals surface area contributed by atoms with Crippen LogP contribution in [0.4, 0.5) is 0 Å². The van der Waals surface area contributed by atoms with Crippen molar-refractivity contribution in [2.24, 2.45) is 0 Å². The summed E-state index contributed by atoms with van der Waals surface area (Å²) in [7, 11) is -2.26. The highest BCUT2D eigenvalue weighted by Gasteiger charge is 2.07. The van der Waals surface area contributed by atoms with E-state index in [4.69, 9.17) is 0 Å². The van der Waals surface area contributed by atoms with Crippen molar-refractivity contribution in [1.82, 2.24) is 0 Å². The van der Waals surface area contributed by atoms with Crippen LogP contribution in [-0.4, -0.2) is 16.1 Å². The highest BCUT2D eigenvalue weighted by molar-refractivity contribution is 6.81. The van der Waals surface area contributed by atoms with E-state index in [1.54, 1.807) is 0 Å². The molecule has 0 saturated heterocycles. The van der Waals surface area contributed by atoms with Gasteiger partial charge in [0.2, 0.25) is 0 Å². The second kappa shape index (κ2) is 7.50. The van der Waals surface area contributed by atoms with Crippen molar-refractivity contribution >= 4 is 28.3 Å². The molecule has 2 rings (SSSR count). The molecule has 2 heteroatoms. The average molecular weight is 351 g/mol. The van der Waals surface area contributed by atoms with Crippen LogP contribution in [0.3, 0.4) is 0 Å². The van der Waals surface area contributed by atoms with Crippen molar-refractivity contribution < 1.29 is 0 Å². The summed E-state index contributed by atoms with van der Waals surface area (Å²) in [6.45, 7) is 14.1. The van der Waals surface area contributed by atoms with Crippen molar-refractivity contribution in [3.05, 3.63) is 71.1 Å².